The first-order valence-electron chi connectivity index (χ1n) is 6.26. The van der Waals surface area contributed by atoms with Crippen molar-refractivity contribution < 1.29 is 4.74 Å². The molecule has 3 atom stereocenters. The summed E-state index contributed by atoms with van der Waals surface area (Å²) in [6, 6.07) is 0. The molecule has 6 heteroatoms. The van der Waals surface area contributed by atoms with Gasteiger partial charge in [-0.25, -0.2) is 10.8 Å². The normalized spacial score (nSPS) is 27.9. The van der Waals surface area contributed by atoms with Gasteiger partial charge in [0.2, 0.25) is 11.8 Å². The lowest BCUT2D eigenvalue weighted by molar-refractivity contribution is 0.0965. The number of aromatic nitrogens is 2. The van der Waals surface area contributed by atoms with Crippen molar-refractivity contribution in [1.82, 2.24) is 9.97 Å². The van der Waals surface area contributed by atoms with Gasteiger partial charge in [0.1, 0.15) is 11.1 Å². The second kappa shape index (κ2) is 5.71. The van der Waals surface area contributed by atoms with E-state index in [2.05, 4.69) is 29.2 Å². The van der Waals surface area contributed by atoms with Crippen molar-refractivity contribution in [3.8, 4) is 5.88 Å². The molecule has 5 nitrogen and oxygen atoms in total. The summed E-state index contributed by atoms with van der Waals surface area (Å²) in [5, 5.41) is 0.417. The fourth-order valence-corrected chi connectivity index (χ4v) is 2.40. The van der Waals surface area contributed by atoms with Crippen LogP contribution in [0.3, 0.4) is 0 Å². The standard InChI is InChI=1S/C12H19ClN4O/c1-7-3-4-9(5-8(7)2)18-11-10(13)6-15-12(16-11)17-14/h6-9H,3-5,14H2,1-2H3,(H,15,16,17). The predicted octanol–water partition coefficient (Wildman–Crippen LogP) is 2.62. The molecule has 0 amide bonds. The zero-order valence-electron chi connectivity index (χ0n) is 10.7. The number of ether oxygens (including phenoxy) is 1. The molecule has 0 aromatic carbocycles. The Hall–Kier alpha value is -1.07. The number of nitrogens with two attached hydrogens (primary N) is 1. The highest BCUT2D eigenvalue weighted by Crippen LogP contribution is 2.33. The molecule has 3 unspecified atom stereocenters. The van der Waals surface area contributed by atoms with Crippen LogP contribution in [0.1, 0.15) is 33.1 Å². The quantitative estimate of drug-likeness (QED) is 0.652. The minimum Gasteiger partial charge on any atom is -0.473 e. The zero-order chi connectivity index (χ0) is 13.1. The monoisotopic (exact) mass is 270 g/mol. The number of nitrogens with zero attached hydrogens (tertiary/aromatic N) is 2. The van der Waals surface area contributed by atoms with Crippen LogP contribution in [0.4, 0.5) is 5.95 Å². The Kier molecular flexibility index (Phi) is 4.24. The van der Waals surface area contributed by atoms with Crippen molar-refractivity contribution in [3.05, 3.63) is 11.2 Å². The molecule has 2 rings (SSSR count). The molecular formula is C12H19ClN4O. The number of hydrogen-bond acceptors (Lipinski definition) is 5. The summed E-state index contributed by atoms with van der Waals surface area (Å²) in [5.74, 6) is 7.41. The van der Waals surface area contributed by atoms with Gasteiger partial charge in [-0.15, -0.1) is 0 Å². The molecule has 3 N–H and O–H groups in total. The number of hydrogen-bond donors (Lipinski definition) is 2. The highest BCUT2D eigenvalue weighted by molar-refractivity contribution is 6.31. The first kappa shape index (κ1) is 13.4. The maximum Gasteiger partial charge on any atom is 0.240 e. The number of rotatable bonds is 3. The summed E-state index contributed by atoms with van der Waals surface area (Å²) < 4.78 is 5.87. The van der Waals surface area contributed by atoms with E-state index in [1.807, 2.05) is 0 Å². The summed E-state index contributed by atoms with van der Waals surface area (Å²) in [6.45, 7) is 4.55. The Morgan fingerprint density at radius 1 is 1.39 bits per heavy atom. The smallest absolute Gasteiger partial charge is 0.240 e. The van der Waals surface area contributed by atoms with Gasteiger partial charge >= 0.3 is 0 Å². The van der Waals surface area contributed by atoms with Crippen LogP contribution in [0, 0.1) is 11.8 Å². The number of halogens is 1. The summed E-state index contributed by atoms with van der Waals surface area (Å²) in [6.07, 6.45) is 4.92. The maximum atomic E-state index is 6.02. The largest absolute Gasteiger partial charge is 0.473 e. The van der Waals surface area contributed by atoms with Gasteiger partial charge in [0.15, 0.2) is 0 Å². The Balaban J connectivity index is 2.05. The Labute approximate surface area is 112 Å². The molecule has 1 aliphatic rings. The molecule has 1 aliphatic carbocycles. The average molecular weight is 271 g/mol. The van der Waals surface area contributed by atoms with Crippen molar-refractivity contribution >= 4 is 17.5 Å². The van der Waals surface area contributed by atoms with Crippen LogP contribution in [0.2, 0.25) is 5.02 Å². The van der Waals surface area contributed by atoms with Crippen molar-refractivity contribution in [2.24, 2.45) is 17.7 Å². The maximum absolute atomic E-state index is 6.02. The number of anilines is 1. The van der Waals surface area contributed by atoms with Crippen molar-refractivity contribution in [3.63, 3.8) is 0 Å². The molecule has 1 aromatic rings. The third-order valence-electron chi connectivity index (χ3n) is 3.67. The second-order valence-electron chi connectivity index (χ2n) is 5.00. The van der Waals surface area contributed by atoms with Crippen molar-refractivity contribution in [2.75, 3.05) is 5.43 Å². The van der Waals surface area contributed by atoms with E-state index in [-0.39, 0.29) is 6.10 Å². The van der Waals surface area contributed by atoms with Crippen LogP contribution in [-0.4, -0.2) is 16.1 Å². The topological polar surface area (TPSA) is 73.1 Å². The van der Waals surface area contributed by atoms with Crippen molar-refractivity contribution in [1.29, 1.82) is 0 Å². The highest BCUT2D eigenvalue weighted by Gasteiger charge is 2.26. The summed E-state index contributed by atoms with van der Waals surface area (Å²) in [4.78, 5) is 8.05. The molecule has 0 saturated heterocycles. The molecule has 1 aromatic heterocycles. The fraction of sp³-hybridized carbons (Fsp3) is 0.667. The van der Waals surface area contributed by atoms with Gasteiger partial charge in [0, 0.05) is 0 Å². The fourth-order valence-electron chi connectivity index (χ4n) is 2.27. The minimum atomic E-state index is 0.175. The summed E-state index contributed by atoms with van der Waals surface area (Å²) in [5.41, 5.74) is 2.39. The van der Waals surface area contributed by atoms with Gasteiger partial charge in [-0.3, -0.25) is 5.43 Å². The molecule has 1 fully saturated rings. The van der Waals surface area contributed by atoms with Gasteiger partial charge in [-0.05, 0) is 31.1 Å². The second-order valence-corrected chi connectivity index (χ2v) is 5.41. The van der Waals surface area contributed by atoms with E-state index >= 15 is 0 Å². The lowest BCUT2D eigenvalue weighted by atomic mass is 9.80. The van der Waals surface area contributed by atoms with E-state index in [0.29, 0.717) is 22.8 Å². The molecule has 0 spiro atoms. The molecule has 18 heavy (non-hydrogen) atoms. The third-order valence-corrected chi connectivity index (χ3v) is 3.93. The Morgan fingerprint density at radius 2 is 2.17 bits per heavy atom. The van der Waals surface area contributed by atoms with E-state index in [1.165, 1.54) is 12.6 Å². The predicted molar refractivity (Wildman–Crippen MR) is 71.4 cm³/mol. The summed E-state index contributed by atoms with van der Waals surface area (Å²) >= 11 is 6.02. The minimum absolute atomic E-state index is 0.175. The molecular weight excluding hydrogens is 252 g/mol. The van der Waals surface area contributed by atoms with Gasteiger partial charge < -0.3 is 4.74 Å². The van der Waals surface area contributed by atoms with Crippen molar-refractivity contribution in [2.45, 2.75) is 39.2 Å². The van der Waals surface area contributed by atoms with Crippen LogP contribution in [0.5, 0.6) is 5.88 Å². The first-order valence-corrected chi connectivity index (χ1v) is 6.63. The van der Waals surface area contributed by atoms with Crippen LogP contribution in [0.25, 0.3) is 0 Å². The van der Waals surface area contributed by atoms with E-state index in [9.17, 15) is 0 Å². The van der Waals surface area contributed by atoms with Gasteiger partial charge in [-0.1, -0.05) is 25.4 Å². The van der Waals surface area contributed by atoms with Crippen LogP contribution >= 0.6 is 11.6 Å². The van der Waals surface area contributed by atoms with Crippen LogP contribution < -0.4 is 16.0 Å². The van der Waals surface area contributed by atoms with Crippen LogP contribution in [-0.2, 0) is 0 Å². The number of nitrogen functional groups attached to an aromatic ring is 1. The van der Waals surface area contributed by atoms with Gasteiger partial charge in [-0.2, -0.15) is 4.98 Å². The average Bonchev–Trinajstić information content (AvgIpc) is 2.36. The summed E-state index contributed by atoms with van der Waals surface area (Å²) in [7, 11) is 0. The Morgan fingerprint density at radius 3 is 2.83 bits per heavy atom. The van der Waals surface area contributed by atoms with Gasteiger partial charge in [0.25, 0.3) is 0 Å². The zero-order valence-corrected chi connectivity index (χ0v) is 11.4. The highest BCUT2D eigenvalue weighted by atomic mass is 35.5. The molecule has 100 valence electrons. The molecule has 1 heterocycles. The lowest BCUT2D eigenvalue weighted by Gasteiger charge is -2.32. The van der Waals surface area contributed by atoms with E-state index in [0.717, 1.165) is 18.8 Å². The molecule has 0 aliphatic heterocycles. The molecule has 1 saturated carbocycles. The van der Waals surface area contributed by atoms with E-state index in [1.54, 1.807) is 0 Å². The third kappa shape index (κ3) is 3.03. The Bertz CT molecular complexity index is 415. The lowest BCUT2D eigenvalue weighted by Crippen LogP contribution is -2.29. The molecule has 0 bridgehead atoms. The SMILES string of the molecule is CC1CCC(Oc2nc(NN)ncc2Cl)CC1C. The number of hydrazine groups is 1. The first-order chi connectivity index (χ1) is 8.60. The number of nitrogens with one attached hydrogen (secondary N) is 1. The van der Waals surface area contributed by atoms with Crippen LogP contribution in [0.15, 0.2) is 6.20 Å². The molecule has 0 radical (unpaired) electrons. The van der Waals surface area contributed by atoms with E-state index in [4.69, 9.17) is 22.2 Å². The van der Waals surface area contributed by atoms with Gasteiger partial charge in [0.05, 0.1) is 6.20 Å². The van der Waals surface area contributed by atoms with E-state index < -0.39 is 0 Å².